The van der Waals surface area contributed by atoms with Gasteiger partial charge in [-0.2, -0.15) is 10.2 Å². The van der Waals surface area contributed by atoms with Crippen molar-refractivity contribution >= 4 is 11.7 Å². The maximum absolute atomic E-state index is 14.1. The smallest absolute Gasteiger partial charge is 0.230 e. The van der Waals surface area contributed by atoms with Crippen LogP contribution in [0.1, 0.15) is 28.2 Å². The highest BCUT2D eigenvalue weighted by Crippen LogP contribution is 2.22. The number of aromatic amines is 1. The minimum atomic E-state index is -0.352. The van der Waals surface area contributed by atoms with E-state index in [0.29, 0.717) is 23.7 Å². The molecular formula is C19H21FN6O. The van der Waals surface area contributed by atoms with Crippen LogP contribution in [0, 0.1) is 19.7 Å². The number of aromatic nitrogens is 4. The first-order valence-corrected chi connectivity index (χ1v) is 8.91. The molecule has 4 rings (SSSR count). The minimum Gasteiger partial charge on any atom is -0.312 e. The van der Waals surface area contributed by atoms with E-state index in [1.807, 2.05) is 13.8 Å². The molecule has 2 aromatic heterocycles. The molecule has 3 N–H and O–H groups in total. The lowest BCUT2D eigenvalue weighted by atomic mass is 10.1. The molecule has 1 amide bonds. The first-order valence-electron chi connectivity index (χ1n) is 8.91. The number of rotatable bonds is 4. The van der Waals surface area contributed by atoms with Crippen LogP contribution in [0.15, 0.2) is 24.3 Å². The third kappa shape index (κ3) is 3.23. The van der Waals surface area contributed by atoms with Crippen LogP contribution in [0.3, 0.4) is 0 Å². The Labute approximate surface area is 156 Å². The standard InChI is InChI=1S/C19H21FN6O/c1-11-13(12(2)26(25-11)17-6-4-3-5-15(17)20)9-18(27)22-19-14-10-21-8-7-16(14)23-24-19/h3-6,21H,7-10H2,1-2H3,(H2,22,23,24,27). The summed E-state index contributed by atoms with van der Waals surface area (Å²) in [7, 11) is 0. The van der Waals surface area contributed by atoms with E-state index in [9.17, 15) is 9.18 Å². The van der Waals surface area contributed by atoms with E-state index in [2.05, 4.69) is 25.9 Å². The van der Waals surface area contributed by atoms with Crippen molar-refractivity contribution in [2.75, 3.05) is 11.9 Å². The number of anilines is 1. The second-order valence-electron chi connectivity index (χ2n) is 6.69. The van der Waals surface area contributed by atoms with E-state index >= 15 is 0 Å². The van der Waals surface area contributed by atoms with Crippen molar-refractivity contribution in [2.45, 2.75) is 33.2 Å². The SMILES string of the molecule is Cc1nn(-c2ccccc2F)c(C)c1CC(=O)Nc1n[nH]c2c1CNCC2. The molecule has 0 unspecified atom stereocenters. The van der Waals surface area contributed by atoms with Gasteiger partial charge in [-0.1, -0.05) is 12.1 Å². The number of carbonyl (C=O) groups is 1. The minimum absolute atomic E-state index is 0.154. The second-order valence-corrected chi connectivity index (χ2v) is 6.69. The Morgan fingerprint density at radius 1 is 1.33 bits per heavy atom. The maximum atomic E-state index is 14.1. The lowest BCUT2D eigenvalue weighted by Gasteiger charge is -2.13. The van der Waals surface area contributed by atoms with Crippen LogP contribution in [-0.2, 0) is 24.2 Å². The zero-order chi connectivity index (χ0) is 19.0. The van der Waals surface area contributed by atoms with Gasteiger partial charge in [0.2, 0.25) is 5.91 Å². The van der Waals surface area contributed by atoms with Gasteiger partial charge in [0.25, 0.3) is 0 Å². The Kier molecular flexibility index (Phi) is 4.49. The highest BCUT2D eigenvalue weighted by atomic mass is 19.1. The number of nitrogens with one attached hydrogen (secondary N) is 3. The molecule has 1 aliphatic rings. The number of benzene rings is 1. The summed E-state index contributed by atoms with van der Waals surface area (Å²) in [6.45, 7) is 5.25. The van der Waals surface area contributed by atoms with Gasteiger partial charge >= 0.3 is 0 Å². The van der Waals surface area contributed by atoms with Gasteiger partial charge in [0.15, 0.2) is 5.82 Å². The van der Waals surface area contributed by atoms with E-state index in [-0.39, 0.29) is 18.1 Å². The first-order chi connectivity index (χ1) is 13.0. The van der Waals surface area contributed by atoms with Crippen molar-refractivity contribution in [3.8, 4) is 5.69 Å². The molecule has 0 atom stereocenters. The largest absolute Gasteiger partial charge is 0.312 e. The van der Waals surface area contributed by atoms with Crippen LogP contribution in [0.25, 0.3) is 5.69 Å². The molecular weight excluding hydrogens is 347 g/mol. The fraction of sp³-hybridized carbons (Fsp3) is 0.316. The van der Waals surface area contributed by atoms with Gasteiger partial charge in [-0.05, 0) is 26.0 Å². The van der Waals surface area contributed by atoms with E-state index in [0.717, 1.165) is 35.5 Å². The number of para-hydroxylation sites is 1. The van der Waals surface area contributed by atoms with E-state index in [1.165, 1.54) is 6.07 Å². The quantitative estimate of drug-likeness (QED) is 0.659. The zero-order valence-electron chi connectivity index (χ0n) is 15.3. The fourth-order valence-electron chi connectivity index (χ4n) is 3.45. The summed E-state index contributed by atoms with van der Waals surface area (Å²) in [5.74, 6) is 0.0444. The monoisotopic (exact) mass is 368 g/mol. The zero-order valence-corrected chi connectivity index (χ0v) is 15.3. The number of H-pyrrole nitrogens is 1. The number of carbonyl (C=O) groups excluding carboxylic acids is 1. The van der Waals surface area contributed by atoms with Crippen molar-refractivity contribution in [1.82, 2.24) is 25.3 Å². The highest BCUT2D eigenvalue weighted by Gasteiger charge is 2.21. The Balaban J connectivity index is 1.55. The van der Waals surface area contributed by atoms with E-state index in [1.54, 1.807) is 22.9 Å². The van der Waals surface area contributed by atoms with Crippen LogP contribution >= 0.6 is 0 Å². The molecule has 7 nitrogen and oxygen atoms in total. The molecule has 3 aromatic rings. The lowest BCUT2D eigenvalue weighted by molar-refractivity contribution is -0.115. The number of hydrogen-bond acceptors (Lipinski definition) is 4. The summed E-state index contributed by atoms with van der Waals surface area (Å²) in [4.78, 5) is 12.6. The molecule has 27 heavy (non-hydrogen) atoms. The summed E-state index contributed by atoms with van der Waals surface area (Å²) in [5.41, 5.74) is 4.68. The summed E-state index contributed by atoms with van der Waals surface area (Å²) < 4.78 is 15.7. The van der Waals surface area contributed by atoms with Gasteiger partial charge in [0, 0.05) is 42.0 Å². The molecule has 0 bridgehead atoms. The van der Waals surface area contributed by atoms with Crippen molar-refractivity contribution in [3.63, 3.8) is 0 Å². The third-order valence-corrected chi connectivity index (χ3v) is 4.92. The average molecular weight is 368 g/mol. The second kappa shape index (κ2) is 6.96. The molecule has 3 heterocycles. The predicted octanol–water partition coefficient (Wildman–Crippen LogP) is 2.18. The molecule has 8 heteroatoms. The fourth-order valence-corrected chi connectivity index (χ4v) is 3.45. The van der Waals surface area contributed by atoms with Crippen LogP contribution in [0.5, 0.6) is 0 Å². The summed E-state index contributed by atoms with van der Waals surface area (Å²) in [6, 6.07) is 6.46. The third-order valence-electron chi connectivity index (χ3n) is 4.92. The van der Waals surface area contributed by atoms with Crippen LogP contribution in [0.2, 0.25) is 0 Å². The van der Waals surface area contributed by atoms with Crippen molar-refractivity contribution in [1.29, 1.82) is 0 Å². The van der Waals surface area contributed by atoms with E-state index < -0.39 is 0 Å². The van der Waals surface area contributed by atoms with Gasteiger partial charge in [-0.15, -0.1) is 0 Å². The number of aryl methyl sites for hydroxylation is 1. The van der Waals surface area contributed by atoms with Crippen molar-refractivity contribution in [3.05, 3.63) is 58.3 Å². The topological polar surface area (TPSA) is 87.6 Å². The summed E-state index contributed by atoms with van der Waals surface area (Å²) in [6.07, 6.45) is 1.02. The number of amides is 1. The van der Waals surface area contributed by atoms with Crippen LogP contribution in [-0.4, -0.2) is 32.4 Å². The highest BCUT2D eigenvalue weighted by molar-refractivity contribution is 5.92. The molecule has 0 radical (unpaired) electrons. The predicted molar refractivity (Wildman–Crippen MR) is 99.3 cm³/mol. The lowest BCUT2D eigenvalue weighted by Crippen LogP contribution is -2.24. The van der Waals surface area contributed by atoms with Crippen LogP contribution < -0.4 is 10.6 Å². The Morgan fingerprint density at radius 3 is 2.96 bits per heavy atom. The summed E-state index contributed by atoms with van der Waals surface area (Å²) >= 11 is 0. The van der Waals surface area contributed by atoms with Gasteiger partial charge in [0.05, 0.1) is 12.1 Å². The Morgan fingerprint density at radius 2 is 2.15 bits per heavy atom. The molecule has 0 fully saturated rings. The molecule has 0 aliphatic carbocycles. The number of nitrogens with zero attached hydrogens (tertiary/aromatic N) is 3. The van der Waals surface area contributed by atoms with Gasteiger partial charge < -0.3 is 10.6 Å². The molecule has 140 valence electrons. The number of fused-ring (bicyclic) bond motifs is 1. The average Bonchev–Trinajstić information content (AvgIpc) is 3.18. The normalized spacial score (nSPS) is 13.4. The van der Waals surface area contributed by atoms with Crippen molar-refractivity contribution in [2.24, 2.45) is 0 Å². The molecule has 1 aromatic carbocycles. The maximum Gasteiger partial charge on any atom is 0.230 e. The van der Waals surface area contributed by atoms with Crippen molar-refractivity contribution < 1.29 is 9.18 Å². The Hall–Kier alpha value is -3.00. The molecule has 0 saturated heterocycles. The first kappa shape index (κ1) is 17.4. The number of halogens is 1. The molecule has 1 aliphatic heterocycles. The number of hydrogen-bond donors (Lipinski definition) is 3. The van der Waals surface area contributed by atoms with Gasteiger partial charge in [0.1, 0.15) is 11.5 Å². The molecule has 0 saturated carbocycles. The van der Waals surface area contributed by atoms with Crippen LogP contribution in [0.4, 0.5) is 10.2 Å². The Bertz CT molecular complexity index is 1010. The van der Waals surface area contributed by atoms with Gasteiger partial charge in [-0.25, -0.2) is 9.07 Å². The van der Waals surface area contributed by atoms with E-state index in [4.69, 9.17) is 0 Å². The van der Waals surface area contributed by atoms with Gasteiger partial charge in [-0.3, -0.25) is 9.89 Å². The molecule has 0 spiro atoms. The summed E-state index contributed by atoms with van der Waals surface area (Å²) in [5, 5.41) is 17.8.